The summed E-state index contributed by atoms with van der Waals surface area (Å²) in [7, 11) is 0. The molecular weight excluding hydrogens is 332 g/mol. The van der Waals surface area contributed by atoms with E-state index in [1.54, 1.807) is 18.7 Å². The highest BCUT2D eigenvalue weighted by Crippen LogP contribution is 2.31. The Morgan fingerprint density at radius 1 is 1.24 bits per heavy atom. The van der Waals surface area contributed by atoms with Gasteiger partial charge in [-0.25, -0.2) is 18.4 Å². The number of amides is 1. The maximum Gasteiger partial charge on any atom is 0.250 e. The predicted molar refractivity (Wildman–Crippen MR) is 86.1 cm³/mol. The van der Waals surface area contributed by atoms with E-state index in [0.717, 1.165) is 0 Å². The molecule has 2 aliphatic rings. The molecule has 0 aromatic carbocycles. The normalized spacial score (nSPS) is 27.6. The van der Waals surface area contributed by atoms with Crippen molar-refractivity contribution in [3.05, 3.63) is 12.7 Å². The van der Waals surface area contributed by atoms with Crippen molar-refractivity contribution < 1.29 is 18.7 Å². The Kier molecular flexibility index (Phi) is 4.57. The Labute approximate surface area is 145 Å². The first-order valence-corrected chi connectivity index (χ1v) is 8.58. The van der Waals surface area contributed by atoms with Crippen molar-refractivity contribution in [3.63, 3.8) is 0 Å². The molecule has 1 aromatic heterocycles. The van der Waals surface area contributed by atoms with Crippen LogP contribution in [0.25, 0.3) is 0 Å². The number of carbonyl (C=O) groups excluding carboxylic acids is 1. The standard InChI is InChI=1S/C16H25F2N5O2/c1-14(2,23-12-19-11-20-23)13(24)22-8-3-15(25,10-22)9-21-6-4-16(17,18)5-7-21/h11-12,25H,3-10H2,1-2H3/t15-/m1/s1. The van der Waals surface area contributed by atoms with Crippen LogP contribution < -0.4 is 0 Å². The number of rotatable bonds is 4. The average Bonchev–Trinajstić information content (AvgIpc) is 3.19. The van der Waals surface area contributed by atoms with Gasteiger partial charge in [-0.2, -0.15) is 5.10 Å². The third-order valence-corrected chi connectivity index (χ3v) is 5.24. The van der Waals surface area contributed by atoms with Gasteiger partial charge in [-0.3, -0.25) is 9.69 Å². The zero-order chi connectivity index (χ0) is 18.3. The molecule has 1 N–H and O–H groups in total. The Bertz CT molecular complexity index is 612. The van der Waals surface area contributed by atoms with Crippen molar-refractivity contribution in [2.45, 2.75) is 50.2 Å². The predicted octanol–water partition coefficient (Wildman–Crippen LogP) is 0.708. The first-order chi connectivity index (χ1) is 11.6. The highest BCUT2D eigenvalue weighted by atomic mass is 19.3. The van der Waals surface area contributed by atoms with E-state index in [4.69, 9.17) is 0 Å². The van der Waals surface area contributed by atoms with E-state index in [9.17, 15) is 18.7 Å². The molecule has 1 aromatic rings. The lowest BCUT2D eigenvalue weighted by atomic mass is 9.99. The number of halogens is 2. The Morgan fingerprint density at radius 3 is 2.52 bits per heavy atom. The number of aliphatic hydroxyl groups is 1. The molecule has 0 radical (unpaired) electrons. The van der Waals surface area contributed by atoms with Crippen LogP contribution in [-0.4, -0.2) is 79.8 Å². The van der Waals surface area contributed by atoms with Gasteiger partial charge in [0.15, 0.2) is 0 Å². The molecular formula is C16H25F2N5O2. The summed E-state index contributed by atoms with van der Waals surface area (Å²) in [5, 5.41) is 14.9. The van der Waals surface area contributed by atoms with E-state index in [-0.39, 0.29) is 38.4 Å². The average molecular weight is 357 g/mol. The van der Waals surface area contributed by atoms with Gasteiger partial charge in [0.05, 0.1) is 12.1 Å². The summed E-state index contributed by atoms with van der Waals surface area (Å²) >= 11 is 0. The van der Waals surface area contributed by atoms with Gasteiger partial charge in [0.2, 0.25) is 5.91 Å². The van der Waals surface area contributed by atoms with Gasteiger partial charge >= 0.3 is 0 Å². The van der Waals surface area contributed by atoms with Crippen LogP contribution in [0, 0.1) is 0 Å². The fourth-order valence-corrected chi connectivity index (χ4v) is 3.60. The molecule has 2 aliphatic heterocycles. The van der Waals surface area contributed by atoms with Crippen molar-refractivity contribution in [1.82, 2.24) is 24.6 Å². The molecule has 140 valence electrons. The molecule has 0 saturated carbocycles. The third-order valence-electron chi connectivity index (χ3n) is 5.24. The lowest BCUT2D eigenvalue weighted by Gasteiger charge is -2.36. The van der Waals surface area contributed by atoms with E-state index in [1.165, 1.54) is 17.3 Å². The second-order valence-corrected chi connectivity index (χ2v) is 7.73. The van der Waals surface area contributed by atoms with Crippen molar-refractivity contribution in [2.75, 3.05) is 32.7 Å². The number of likely N-dealkylation sites (tertiary alicyclic amines) is 2. The van der Waals surface area contributed by atoms with Gasteiger partial charge < -0.3 is 10.0 Å². The minimum absolute atomic E-state index is 0.140. The molecule has 2 saturated heterocycles. The second-order valence-electron chi connectivity index (χ2n) is 7.73. The summed E-state index contributed by atoms with van der Waals surface area (Å²) in [5.74, 6) is -2.74. The van der Waals surface area contributed by atoms with Crippen molar-refractivity contribution >= 4 is 5.91 Å². The molecule has 9 heteroatoms. The highest BCUT2D eigenvalue weighted by Gasteiger charge is 2.45. The summed E-state index contributed by atoms with van der Waals surface area (Å²) in [4.78, 5) is 20.2. The lowest BCUT2D eigenvalue weighted by Crippen LogP contribution is -2.51. The Balaban J connectivity index is 1.60. The molecule has 7 nitrogen and oxygen atoms in total. The number of nitrogens with zero attached hydrogens (tertiary/aromatic N) is 5. The van der Waals surface area contributed by atoms with Crippen LogP contribution in [0.5, 0.6) is 0 Å². The summed E-state index contributed by atoms with van der Waals surface area (Å²) in [6.07, 6.45) is 2.96. The SMILES string of the molecule is CC(C)(C(=O)N1CC[C@@](O)(CN2CCC(F)(F)CC2)C1)n1cncn1. The molecule has 3 rings (SSSR count). The van der Waals surface area contributed by atoms with Gasteiger partial charge in [0.1, 0.15) is 18.2 Å². The summed E-state index contributed by atoms with van der Waals surface area (Å²) in [5.41, 5.74) is -1.95. The fourth-order valence-electron chi connectivity index (χ4n) is 3.60. The summed E-state index contributed by atoms with van der Waals surface area (Å²) in [6.45, 7) is 5.02. The Morgan fingerprint density at radius 2 is 1.92 bits per heavy atom. The number of piperidine rings is 1. The minimum Gasteiger partial charge on any atom is -0.387 e. The lowest BCUT2D eigenvalue weighted by molar-refractivity contribution is -0.140. The number of β-amino-alcohol motifs (C(OH)–C–C–N with tert-alkyl or cyclic N) is 1. The molecule has 2 fully saturated rings. The van der Waals surface area contributed by atoms with Crippen molar-refractivity contribution in [1.29, 1.82) is 0 Å². The highest BCUT2D eigenvalue weighted by molar-refractivity contribution is 5.84. The van der Waals surface area contributed by atoms with E-state index in [0.29, 0.717) is 19.5 Å². The minimum atomic E-state index is -2.60. The van der Waals surface area contributed by atoms with Crippen molar-refractivity contribution in [3.8, 4) is 0 Å². The van der Waals surface area contributed by atoms with Crippen LogP contribution in [0.1, 0.15) is 33.1 Å². The third kappa shape index (κ3) is 3.82. The van der Waals surface area contributed by atoms with E-state index in [1.807, 2.05) is 4.90 Å². The zero-order valence-electron chi connectivity index (χ0n) is 14.7. The number of hydrogen-bond donors (Lipinski definition) is 1. The van der Waals surface area contributed by atoms with Crippen LogP contribution in [-0.2, 0) is 10.3 Å². The largest absolute Gasteiger partial charge is 0.387 e. The van der Waals surface area contributed by atoms with Crippen LogP contribution >= 0.6 is 0 Å². The molecule has 0 spiro atoms. The molecule has 1 amide bonds. The molecule has 1 atom stereocenters. The van der Waals surface area contributed by atoms with Crippen LogP contribution in [0.2, 0.25) is 0 Å². The Hall–Kier alpha value is -1.61. The molecule has 0 aliphatic carbocycles. The van der Waals surface area contributed by atoms with Gasteiger partial charge in [-0.15, -0.1) is 0 Å². The molecule has 3 heterocycles. The van der Waals surface area contributed by atoms with Crippen molar-refractivity contribution in [2.24, 2.45) is 0 Å². The van der Waals surface area contributed by atoms with Gasteiger partial charge in [-0.1, -0.05) is 0 Å². The molecule has 0 bridgehead atoms. The van der Waals surface area contributed by atoms with E-state index in [2.05, 4.69) is 10.1 Å². The van der Waals surface area contributed by atoms with Gasteiger partial charge in [0, 0.05) is 39.0 Å². The maximum atomic E-state index is 13.3. The molecule has 25 heavy (non-hydrogen) atoms. The number of alkyl halides is 2. The topological polar surface area (TPSA) is 74.5 Å². The zero-order valence-corrected chi connectivity index (χ0v) is 14.7. The summed E-state index contributed by atoms with van der Waals surface area (Å²) in [6, 6.07) is 0. The first-order valence-electron chi connectivity index (χ1n) is 8.58. The van der Waals surface area contributed by atoms with Crippen LogP contribution in [0.4, 0.5) is 8.78 Å². The van der Waals surface area contributed by atoms with E-state index >= 15 is 0 Å². The van der Waals surface area contributed by atoms with Crippen LogP contribution in [0.15, 0.2) is 12.7 Å². The maximum absolute atomic E-state index is 13.3. The smallest absolute Gasteiger partial charge is 0.250 e. The van der Waals surface area contributed by atoms with Crippen LogP contribution in [0.3, 0.4) is 0 Å². The first kappa shape index (κ1) is 18.2. The quantitative estimate of drug-likeness (QED) is 0.859. The second kappa shape index (κ2) is 6.28. The number of aromatic nitrogens is 3. The van der Waals surface area contributed by atoms with E-state index < -0.39 is 17.1 Å². The van der Waals surface area contributed by atoms with Gasteiger partial charge in [-0.05, 0) is 20.3 Å². The molecule has 0 unspecified atom stereocenters. The number of carbonyl (C=O) groups is 1. The number of hydrogen-bond acceptors (Lipinski definition) is 5. The summed E-state index contributed by atoms with van der Waals surface area (Å²) < 4.78 is 28.0. The fraction of sp³-hybridized carbons (Fsp3) is 0.812. The monoisotopic (exact) mass is 357 g/mol. The van der Waals surface area contributed by atoms with Gasteiger partial charge in [0.25, 0.3) is 5.92 Å².